The molecule has 0 spiro atoms. The number of halogens is 1. The second-order valence-electron chi connectivity index (χ2n) is 2.96. The Hall–Kier alpha value is -0.600. The minimum atomic E-state index is 0.478. The zero-order valence-corrected chi connectivity index (χ0v) is 9.65. The normalized spacial score (nSPS) is 10.0. The molecule has 0 aliphatic rings. The molecule has 68 valence electrons. The zero-order valence-electron chi connectivity index (χ0n) is 7.50. The van der Waals surface area contributed by atoms with Gasteiger partial charge in [-0.1, -0.05) is 12.1 Å². The van der Waals surface area contributed by atoms with Crippen LogP contribution in [0.5, 0.6) is 0 Å². The maximum Gasteiger partial charge on any atom is 0.0866 e. The van der Waals surface area contributed by atoms with E-state index in [1.807, 2.05) is 11.9 Å². The molecule has 3 heteroatoms. The summed E-state index contributed by atoms with van der Waals surface area (Å²) in [5, 5.41) is 8.47. The lowest BCUT2D eigenvalue weighted by molar-refractivity contribution is 0.367. The Labute approximate surface area is 92.3 Å². The molecule has 0 aliphatic heterocycles. The Morgan fingerprint density at radius 1 is 1.38 bits per heavy atom. The van der Waals surface area contributed by atoms with Crippen molar-refractivity contribution >= 4 is 22.6 Å². The van der Waals surface area contributed by atoms with Crippen LogP contribution in [0.25, 0.3) is 0 Å². The Kier molecular flexibility index (Phi) is 4.19. The monoisotopic (exact) mass is 286 g/mol. The van der Waals surface area contributed by atoms with Gasteiger partial charge in [-0.2, -0.15) is 5.26 Å². The lowest BCUT2D eigenvalue weighted by Crippen LogP contribution is -2.17. The highest BCUT2D eigenvalue weighted by molar-refractivity contribution is 14.1. The van der Waals surface area contributed by atoms with Crippen molar-refractivity contribution in [3.05, 3.63) is 33.4 Å². The fourth-order valence-corrected chi connectivity index (χ4v) is 1.44. The van der Waals surface area contributed by atoms with Gasteiger partial charge in [0, 0.05) is 10.1 Å². The first kappa shape index (κ1) is 10.5. The van der Waals surface area contributed by atoms with E-state index >= 15 is 0 Å². The van der Waals surface area contributed by atoms with Crippen LogP contribution in [0.3, 0.4) is 0 Å². The van der Waals surface area contributed by atoms with Crippen LogP contribution in [0, 0.1) is 14.9 Å². The van der Waals surface area contributed by atoms with Gasteiger partial charge in [0.15, 0.2) is 0 Å². The topological polar surface area (TPSA) is 27.0 Å². The molecular weight excluding hydrogens is 275 g/mol. The van der Waals surface area contributed by atoms with Crippen molar-refractivity contribution in [2.75, 3.05) is 13.6 Å². The fourth-order valence-electron chi connectivity index (χ4n) is 1.08. The van der Waals surface area contributed by atoms with Crippen LogP contribution in [0.2, 0.25) is 0 Å². The van der Waals surface area contributed by atoms with E-state index in [1.54, 1.807) is 0 Å². The van der Waals surface area contributed by atoms with E-state index in [0.717, 1.165) is 6.54 Å². The second kappa shape index (κ2) is 5.20. The molecule has 0 radical (unpaired) electrons. The molecule has 1 rings (SSSR count). The highest BCUT2D eigenvalue weighted by Gasteiger charge is 1.98. The molecule has 0 fully saturated rings. The van der Waals surface area contributed by atoms with Crippen LogP contribution >= 0.6 is 22.6 Å². The molecule has 13 heavy (non-hydrogen) atoms. The average Bonchev–Trinajstić information content (AvgIpc) is 2.09. The van der Waals surface area contributed by atoms with Crippen LogP contribution in [0.1, 0.15) is 5.56 Å². The summed E-state index contributed by atoms with van der Waals surface area (Å²) >= 11 is 2.28. The summed E-state index contributed by atoms with van der Waals surface area (Å²) in [5.74, 6) is 0. The molecule has 0 heterocycles. The summed E-state index contributed by atoms with van der Waals surface area (Å²) in [5.41, 5.74) is 1.25. The molecule has 0 aliphatic carbocycles. The van der Waals surface area contributed by atoms with Crippen molar-refractivity contribution in [3.63, 3.8) is 0 Å². The molecule has 0 saturated carbocycles. The van der Waals surface area contributed by atoms with Gasteiger partial charge in [0.1, 0.15) is 0 Å². The zero-order chi connectivity index (χ0) is 9.68. The molecule has 0 atom stereocenters. The van der Waals surface area contributed by atoms with E-state index in [9.17, 15) is 0 Å². The molecule has 0 saturated heterocycles. The van der Waals surface area contributed by atoms with Gasteiger partial charge in [-0.3, -0.25) is 4.90 Å². The predicted molar refractivity (Wildman–Crippen MR) is 61.1 cm³/mol. The van der Waals surface area contributed by atoms with E-state index < -0.39 is 0 Å². The first-order valence-corrected chi connectivity index (χ1v) is 5.10. The van der Waals surface area contributed by atoms with Crippen molar-refractivity contribution < 1.29 is 0 Å². The third-order valence-electron chi connectivity index (χ3n) is 1.71. The molecule has 0 bridgehead atoms. The first-order valence-electron chi connectivity index (χ1n) is 4.02. The molecule has 0 aromatic heterocycles. The van der Waals surface area contributed by atoms with E-state index in [2.05, 4.69) is 52.9 Å². The smallest absolute Gasteiger partial charge is 0.0866 e. The van der Waals surface area contributed by atoms with Crippen LogP contribution in [-0.4, -0.2) is 18.5 Å². The number of hydrogen-bond donors (Lipinski definition) is 0. The van der Waals surface area contributed by atoms with Crippen molar-refractivity contribution in [1.29, 1.82) is 5.26 Å². The highest BCUT2D eigenvalue weighted by Crippen LogP contribution is 2.08. The molecular formula is C10H11IN2. The van der Waals surface area contributed by atoms with Gasteiger partial charge in [0.05, 0.1) is 12.6 Å². The third kappa shape index (κ3) is 3.75. The molecule has 0 N–H and O–H groups in total. The van der Waals surface area contributed by atoms with Crippen molar-refractivity contribution in [2.24, 2.45) is 0 Å². The summed E-state index contributed by atoms with van der Waals surface area (Å²) < 4.78 is 1.24. The summed E-state index contributed by atoms with van der Waals surface area (Å²) in [7, 11) is 1.95. The van der Waals surface area contributed by atoms with Gasteiger partial charge in [0.2, 0.25) is 0 Å². The van der Waals surface area contributed by atoms with Crippen LogP contribution in [0.4, 0.5) is 0 Å². The van der Waals surface area contributed by atoms with E-state index in [0.29, 0.717) is 6.54 Å². The predicted octanol–water partition coefficient (Wildman–Crippen LogP) is 2.25. The molecule has 1 aromatic rings. The van der Waals surface area contributed by atoms with Crippen molar-refractivity contribution in [1.82, 2.24) is 4.90 Å². The lowest BCUT2D eigenvalue weighted by Gasteiger charge is -2.11. The Balaban J connectivity index is 2.55. The molecule has 1 aromatic carbocycles. The minimum Gasteiger partial charge on any atom is -0.289 e. The fraction of sp³-hybridized carbons (Fsp3) is 0.300. The Bertz CT molecular complexity index is 300. The van der Waals surface area contributed by atoms with Gasteiger partial charge >= 0.3 is 0 Å². The maximum absolute atomic E-state index is 8.47. The van der Waals surface area contributed by atoms with E-state index in [-0.39, 0.29) is 0 Å². The number of rotatable bonds is 3. The van der Waals surface area contributed by atoms with Crippen molar-refractivity contribution in [2.45, 2.75) is 6.54 Å². The number of nitrogens with zero attached hydrogens (tertiary/aromatic N) is 2. The average molecular weight is 286 g/mol. The van der Waals surface area contributed by atoms with Crippen LogP contribution in [-0.2, 0) is 6.54 Å². The van der Waals surface area contributed by atoms with E-state index in [4.69, 9.17) is 5.26 Å². The Morgan fingerprint density at radius 2 is 2.00 bits per heavy atom. The minimum absolute atomic E-state index is 0.478. The van der Waals surface area contributed by atoms with Crippen LogP contribution < -0.4 is 0 Å². The SMILES string of the molecule is CN(CC#N)Cc1ccc(I)cc1. The van der Waals surface area contributed by atoms with Crippen molar-refractivity contribution in [3.8, 4) is 6.07 Å². The molecule has 0 amide bonds. The number of nitriles is 1. The van der Waals surface area contributed by atoms with Crippen LogP contribution in [0.15, 0.2) is 24.3 Å². The van der Waals surface area contributed by atoms with Gasteiger partial charge in [-0.25, -0.2) is 0 Å². The van der Waals surface area contributed by atoms with Gasteiger partial charge in [0.25, 0.3) is 0 Å². The summed E-state index contributed by atoms with van der Waals surface area (Å²) in [6, 6.07) is 10.5. The third-order valence-corrected chi connectivity index (χ3v) is 2.43. The van der Waals surface area contributed by atoms with Gasteiger partial charge in [-0.15, -0.1) is 0 Å². The molecule has 2 nitrogen and oxygen atoms in total. The first-order chi connectivity index (χ1) is 6.22. The van der Waals surface area contributed by atoms with E-state index in [1.165, 1.54) is 9.13 Å². The quantitative estimate of drug-likeness (QED) is 0.629. The maximum atomic E-state index is 8.47. The number of benzene rings is 1. The Morgan fingerprint density at radius 3 is 2.54 bits per heavy atom. The van der Waals surface area contributed by atoms with Gasteiger partial charge in [-0.05, 0) is 47.3 Å². The lowest BCUT2D eigenvalue weighted by atomic mass is 10.2. The number of hydrogen-bond acceptors (Lipinski definition) is 2. The van der Waals surface area contributed by atoms with Gasteiger partial charge < -0.3 is 0 Å². The summed E-state index contributed by atoms with van der Waals surface area (Å²) in [6.45, 7) is 1.32. The highest BCUT2D eigenvalue weighted by atomic mass is 127. The largest absolute Gasteiger partial charge is 0.289 e. The summed E-state index contributed by atoms with van der Waals surface area (Å²) in [6.07, 6.45) is 0. The standard InChI is InChI=1S/C10H11IN2/c1-13(7-6-12)8-9-2-4-10(11)5-3-9/h2-5H,7-8H2,1H3. The summed E-state index contributed by atoms with van der Waals surface area (Å²) in [4.78, 5) is 1.99. The molecule has 0 unspecified atom stereocenters. The second-order valence-corrected chi connectivity index (χ2v) is 4.20.